The Morgan fingerprint density at radius 2 is 2.00 bits per heavy atom. The zero-order valence-electron chi connectivity index (χ0n) is 7.40. The summed E-state index contributed by atoms with van der Waals surface area (Å²) in [5, 5.41) is 7.35. The minimum atomic E-state index is 0.828. The van der Waals surface area contributed by atoms with Gasteiger partial charge in [-0.2, -0.15) is 0 Å². The molecule has 2 rings (SSSR count). The summed E-state index contributed by atoms with van der Waals surface area (Å²) in [5.41, 5.74) is 0. The Bertz CT molecular complexity index is 389. The molecule has 2 heterocycles. The highest BCUT2D eigenvalue weighted by molar-refractivity contribution is 7.81. The van der Waals surface area contributed by atoms with Gasteiger partial charge in [0.1, 0.15) is 4.99 Å². The highest BCUT2D eigenvalue weighted by Gasteiger charge is 2.01. The summed E-state index contributed by atoms with van der Waals surface area (Å²) < 4.78 is 0. The van der Waals surface area contributed by atoms with Crippen LogP contribution in [0.4, 0.5) is 0 Å². The van der Waals surface area contributed by atoms with E-state index in [1.165, 1.54) is 4.88 Å². The van der Waals surface area contributed by atoms with Crippen molar-refractivity contribution < 1.29 is 0 Å². The van der Waals surface area contributed by atoms with E-state index in [0.29, 0.717) is 0 Å². The summed E-state index contributed by atoms with van der Waals surface area (Å²) in [6, 6.07) is 8.21. The summed E-state index contributed by atoms with van der Waals surface area (Å²) in [6.45, 7) is 0.828. The summed E-state index contributed by atoms with van der Waals surface area (Å²) in [5.74, 6) is 0. The molecule has 0 unspecified atom stereocenters. The lowest BCUT2D eigenvalue weighted by atomic mass is 10.4. The van der Waals surface area contributed by atoms with Gasteiger partial charge in [-0.15, -0.1) is 22.7 Å². The molecule has 1 N–H and O–H groups in total. The lowest BCUT2D eigenvalue weighted by Gasteiger charge is -2.03. The molecule has 14 heavy (non-hydrogen) atoms. The van der Waals surface area contributed by atoms with Crippen LogP contribution in [0.1, 0.15) is 9.75 Å². The van der Waals surface area contributed by atoms with Crippen molar-refractivity contribution in [1.29, 1.82) is 0 Å². The SMILES string of the molecule is S=C(NCc1cccs1)c1cccs1. The third-order valence-electron chi connectivity index (χ3n) is 1.75. The second-order valence-electron chi connectivity index (χ2n) is 2.74. The Kier molecular flexibility index (Phi) is 3.29. The van der Waals surface area contributed by atoms with Crippen LogP contribution in [0, 0.1) is 0 Å². The maximum atomic E-state index is 5.25. The van der Waals surface area contributed by atoms with Gasteiger partial charge in [-0.1, -0.05) is 24.4 Å². The summed E-state index contributed by atoms with van der Waals surface area (Å²) >= 11 is 8.66. The van der Waals surface area contributed by atoms with E-state index in [0.717, 1.165) is 16.4 Å². The van der Waals surface area contributed by atoms with Crippen LogP contribution in [-0.2, 0) is 6.54 Å². The predicted octanol–water partition coefficient (Wildman–Crippen LogP) is 3.27. The van der Waals surface area contributed by atoms with Crippen LogP contribution in [0.15, 0.2) is 35.0 Å². The van der Waals surface area contributed by atoms with Crippen LogP contribution in [0.2, 0.25) is 0 Å². The van der Waals surface area contributed by atoms with Gasteiger partial charge in [-0.05, 0) is 22.9 Å². The zero-order chi connectivity index (χ0) is 9.80. The van der Waals surface area contributed by atoms with E-state index in [2.05, 4.69) is 22.8 Å². The molecule has 0 aromatic carbocycles. The van der Waals surface area contributed by atoms with Gasteiger partial charge in [0.15, 0.2) is 0 Å². The Morgan fingerprint density at radius 3 is 2.64 bits per heavy atom. The van der Waals surface area contributed by atoms with Crippen LogP contribution >= 0.6 is 34.9 Å². The molecule has 0 fully saturated rings. The molecular formula is C10H9NS3. The molecule has 2 aromatic heterocycles. The van der Waals surface area contributed by atoms with Crippen molar-refractivity contribution in [3.8, 4) is 0 Å². The highest BCUT2D eigenvalue weighted by atomic mass is 32.1. The second-order valence-corrected chi connectivity index (χ2v) is 5.13. The molecule has 72 valence electrons. The molecular weight excluding hydrogens is 230 g/mol. The number of hydrogen-bond acceptors (Lipinski definition) is 3. The van der Waals surface area contributed by atoms with Gasteiger partial charge < -0.3 is 5.32 Å². The monoisotopic (exact) mass is 239 g/mol. The fourth-order valence-corrected chi connectivity index (χ4v) is 2.64. The molecule has 0 aliphatic heterocycles. The van der Waals surface area contributed by atoms with Crippen molar-refractivity contribution in [1.82, 2.24) is 5.32 Å². The molecule has 0 aliphatic carbocycles. The first-order chi connectivity index (χ1) is 6.86. The fraction of sp³-hybridized carbons (Fsp3) is 0.100. The standard InChI is InChI=1S/C10H9NS3/c12-10(9-4-2-6-14-9)11-7-8-3-1-5-13-8/h1-6H,7H2,(H,11,12). The largest absolute Gasteiger partial charge is 0.370 e. The number of rotatable bonds is 3. The number of thiophene rings is 2. The van der Waals surface area contributed by atoms with Crippen molar-refractivity contribution in [2.75, 3.05) is 0 Å². The van der Waals surface area contributed by atoms with Crippen molar-refractivity contribution in [3.63, 3.8) is 0 Å². The normalized spacial score (nSPS) is 10.0. The average molecular weight is 239 g/mol. The van der Waals surface area contributed by atoms with Gasteiger partial charge in [0.25, 0.3) is 0 Å². The van der Waals surface area contributed by atoms with Gasteiger partial charge in [-0.3, -0.25) is 0 Å². The smallest absolute Gasteiger partial charge is 0.117 e. The molecule has 0 bridgehead atoms. The van der Waals surface area contributed by atoms with E-state index < -0.39 is 0 Å². The van der Waals surface area contributed by atoms with Gasteiger partial charge in [0.2, 0.25) is 0 Å². The van der Waals surface area contributed by atoms with Crippen LogP contribution in [0.5, 0.6) is 0 Å². The van der Waals surface area contributed by atoms with Crippen molar-refractivity contribution in [2.24, 2.45) is 0 Å². The van der Waals surface area contributed by atoms with Crippen LogP contribution in [-0.4, -0.2) is 4.99 Å². The molecule has 0 saturated carbocycles. The second kappa shape index (κ2) is 4.68. The Balaban J connectivity index is 1.90. The Hall–Kier alpha value is -0.710. The topological polar surface area (TPSA) is 12.0 Å². The van der Waals surface area contributed by atoms with Crippen LogP contribution in [0.25, 0.3) is 0 Å². The van der Waals surface area contributed by atoms with E-state index in [-0.39, 0.29) is 0 Å². The quantitative estimate of drug-likeness (QED) is 0.825. The first-order valence-electron chi connectivity index (χ1n) is 4.20. The van der Waals surface area contributed by atoms with E-state index in [4.69, 9.17) is 12.2 Å². The third-order valence-corrected chi connectivity index (χ3v) is 4.01. The van der Waals surface area contributed by atoms with Gasteiger partial charge in [0, 0.05) is 4.88 Å². The lowest BCUT2D eigenvalue weighted by Crippen LogP contribution is -2.19. The number of nitrogens with one attached hydrogen (secondary N) is 1. The average Bonchev–Trinajstić information content (AvgIpc) is 2.87. The molecule has 0 spiro atoms. The molecule has 0 saturated heterocycles. The maximum absolute atomic E-state index is 5.25. The summed E-state index contributed by atoms with van der Waals surface area (Å²) in [4.78, 5) is 3.29. The number of thiocarbonyl (C=S) groups is 1. The Morgan fingerprint density at radius 1 is 1.21 bits per heavy atom. The predicted molar refractivity (Wildman–Crippen MR) is 67.2 cm³/mol. The first kappa shape index (κ1) is 9.83. The number of hydrogen-bond donors (Lipinski definition) is 1. The van der Waals surface area contributed by atoms with E-state index in [1.54, 1.807) is 22.7 Å². The van der Waals surface area contributed by atoms with E-state index >= 15 is 0 Å². The highest BCUT2D eigenvalue weighted by Crippen LogP contribution is 2.11. The lowest BCUT2D eigenvalue weighted by molar-refractivity contribution is 0.952. The molecule has 0 aliphatic rings. The van der Waals surface area contributed by atoms with E-state index in [1.807, 2.05) is 17.5 Å². The minimum Gasteiger partial charge on any atom is -0.370 e. The molecule has 2 aromatic rings. The zero-order valence-corrected chi connectivity index (χ0v) is 9.85. The van der Waals surface area contributed by atoms with Gasteiger partial charge >= 0.3 is 0 Å². The molecule has 0 atom stereocenters. The van der Waals surface area contributed by atoms with Gasteiger partial charge in [-0.25, -0.2) is 0 Å². The third kappa shape index (κ3) is 2.41. The maximum Gasteiger partial charge on any atom is 0.117 e. The molecule has 0 radical (unpaired) electrons. The van der Waals surface area contributed by atoms with Crippen molar-refractivity contribution in [3.05, 3.63) is 44.8 Å². The van der Waals surface area contributed by atoms with Crippen molar-refractivity contribution in [2.45, 2.75) is 6.54 Å². The molecule has 0 amide bonds. The molecule has 4 heteroatoms. The minimum absolute atomic E-state index is 0.828. The first-order valence-corrected chi connectivity index (χ1v) is 6.37. The summed E-state index contributed by atoms with van der Waals surface area (Å²) in [7, 11) is 0. The van der Waals surface area contributed by atoms with E-state index in [9.17, 15) is 0 Å². The van der Waals surface area contributed by atoms with Crippen LogP contribution < -0.4 is 5.32 Å². The summed E-state index contributed by atoms with van der Waals surface area (Å²) in [6.07, 6.45) is 0. The Labute approximate surface area is 96.4 Å². The van der Waals surface area contributed by atoms with Crippen molar-refractivity contribution >= 4 is 39.9 Å². The fourth-order valence-electron chi connectivity index (χ4n) is 1.08. The van der Waals surface area contributed by atoms with Gasteiger partial charge in [0.05, 0.1) is 11.4 Å². The molecule has 1 nitrogen and oxygen atoms in total. The van der Waals surface area contributed by atoms with Crippen LogP contribution in [0.3, 0.4) is 0 Å².